The highest BCUT2D eigenvalue weighted by Crippen LogP contribution is 2.34. The second-order valence-corrected chi connectivity index (χ2v) is 4.74. The summed E-state index contributed by atoms with van der Waals surface area (Å²) >= 11 is 0. The molecule has 0 aliphatic carbocycles. The monoisotopic (exact) mass is 216 g/mol. The van der Waals surface area contributed by atoms with Crippen molar-refractivity contribution in [1.82, 2.24) is 0 Å². The third kappa shape index (κ3) is 1.66. The fourth-order valence-corrected chi connectivity index (χ4v) is 1.99. The van der Waals surface area contributed by atoms with Crippen LogP contribution in [0.2, 0.25) is 0 Å². The van der Waals surface area contributed by atoms with Crippen LogP contribution in [0.5, 0.6) is 0 Å². The quantitative estimate of drug-likeness (QED) is 0.819. The summed E-state index contributed by atoms with van der Waals surface area (Å²) in [5, 5.41) is 19.1. The third-order valence-electron chi connectivity index (χ3n) is 3.37. The molecule has 2 rings (SSSR count). The average Bonchev–Trinajstić information content (AvgIpc) is 2.24. The maximum Gasteiger partial charge on any atom is 0.102 e. The molecule has 0 unspecified atom stereocenters. The molecule has 84 valence electrons. The van der Waals surface area contributed by atoms with Gasteiger partial charge in [-0.3, -0.25) is 0 Å². The Bertz CT molecular complexity index is 428. The van der Waals surface area contributed by atoms with Crippen LogP contribution < -0.4 is 4.90 Å². The SMILES string of the molecule is CC(C)C1(O)CN(c2ccccc2C#N)C1. The van der Waals surface area contributed by atoms with Gasteiger partial charge in [0.15, 0.2) is 0 Å². The van der Waals surface area contributed by atoms with E-state index in [1.807, 2.05) is 38.1 Å². The molecule has 0 amide bonds. The summed E-state index contributed by atoms with van der Waals surface area (Å²) in [4.78, 5) is 2.05. The van der Waals surface area contributed by atoms with Crippen molar-refractivity contribution in [3.05, 3.63) is 29.8 Å². The maximum atomic E-state index is 10.2. The number of β-amino-alcohol motifs (C(OH)–C–C–N with tert-alkyl or cyclic N) is 1. The summed E-state index contributed by atoms with van der Waals surface area (Å²) in [5.74, 6) is 0.248. The summed E-state index contributed by atoms with van der Waals surface area (Å²) in [6.45, 7) is 5.27. The van der Waals surface area contributed by atoms with Crippen LogP contribution >= 0.6 is 0 Å². The molecule has 1 aromatic carbocycles. The van der Waals surface area contributed by atoms with Gasteiger partial charge in [-0.2, -0.15) is 5.26 Å². The minimum absolute atomic E-state index is 0.248. The number of para-hydroxylation sites is 1. The van der Waals surface area contributed by atoms with E-state index >= 15 is 0 Å². The Labute approximate surface area is 95.9 Å². The lowest BCUT2D eigenvalue weighted by molar-refractivity contribution is -0.0300. The summed E-state index contributed by atoms with van der Waals surface area (Å²) in [6.07, 6.45) is 0. The number of anilines is 1. The Balaban J connectivity index is 2.16. The first kappa shape index (κ1) is 11.0. The summed E-state index contributed by atoms with van der Waals surface area (Å²) < 4.78 is 0. The lowest BCUT2D eigenvalue weighted by Crippen LogP contribution is -2.64. The van der Waals surface area contributed by atoms with Gasteiger partial charge in [-0.15, -0.1) is 0 Å². The van der Waals surface area contributed by atoms with Crippen molar-refractivity contribution in [3.8, 4) is 6.07 Å². The fourth-order valence-electron chi connectivity index (χ4n) is 1.99. The first-order valence-electron chi connectivity index (χ1n) is 5.53. The number of rotatable bonds is 2. The predicted octanol–water partition coefficient (Wildman–Crippen LogP) is 1.77. The average molecular weight is 216 g/mol. The molecule has 16 heavy (non-hydrogen) atoms. The van der Waals surface area contributed by atoms with Crippen molar-refractivity contribution in [2.45, 2.75) is 19.4 Å². The van der Waals surface area contributed by atoms with Gasteiger partial charge >= 0.3 is 0 Å². The first-order valence-corrected chi connectivity index (χ1v) is 5.53. The Morgan fingerprint density at radius 2 is 2.00 bits per heavy atom. The van der Waals surface area contributed by atoms with Crippen LogP contribution in [0.15, 0.2) is 24.3 Å². The normalized spacial score (nSPS) is 18.1. The standard InChI is InChI=1S/C13H16N2O/c1-10(2)13(16)8-15(9-13)12-6-4-3-5-11(12)7-14/h3-6,10,16H,8-9H2,1-2H3. The molecule has 0 aromatic heterocycles. The van der Waals surface area contributed by atoms with E-state index in [4.69, 9.17) is 5.26 Å². The number of aliphatic hydroxyl groups is 1. The number of benzene rings is 1. The molecule has 0 radical (unpaired) electrons. The molecular weight excluding hydrogens is 200 g/mol. The van der Waals surface area contributed by atoms with E-state index < -0.39 is 5.60 Å². The van der Waals surface area contributed by atoms with E-state index in [0.717, 1.165) is 5.69 Å². The molecule has 1 N–H and O–H groups in total. The Morgan fingerprint density at radius 1 is 1.38 bits per heavy atom. The smallest absolute Gasteiger partial charge is 0.102 e. The molecule has 1 fully saturated rings. The molecule has 0 bridgehead atoms. The van der Waals surface area contributed by atoms with Gasteiger partial charge in [-0.1, -0.05) is 26.0 Å². The van der Waals surface area contributed by atoms with Crippen LogP contribution in [0, 0.1) is 17.2 Å². The number of hydrogen-bond acceptors (Lipinski definition) is 3. The van der Waals surface area contributed by atoms with Gasteiger partial charge in [0.05, 0.1) is 11.3 Å². The molecular formula is C13H16N2O. The van der Waals surface area contributed by atoms with E-state index in [1.54, 1.807) is 0 Å². The van der Waals surface area contributed by atoms with E-state index in [0.29, 0.717) is 18.7 Å². The second-order valence-electron chi connectivity index (χ2n) is 4.74. The molecule has 3 heteroatoms. The van der Waals surface area contributed by atoms with Crippen LogP contribution in [0.3, 0.4) is 0 Å². The van der Waals surface area contributed by atoms with Crippen LogP contribution in [-0.2, 0) is 0 Å². The minimum Gasteiger partial charge on any atom is -0.386 e. The summed E-state index contributed by atoms with van der Waals surface area (Å²) in [7, 11) is 0. The van der Waals surface area contributed by atoms with Crippen LogP contribution in [0.1, 0.15) is 19.4 Å². The highest BCUT2D eigenvalue weighted by molar-refractivity contribution is 5.61. The van der Waals surface area contributed by atoms with Crippen molar-refractivity contribution < 1.29 is 5.11 Å². The van der Waals surface area contributed by atoms with Gasteiger partial charge in [0, 0.05) is 13.1 Å². The van der Waals surface area contributed by atoms with Gasteiger partial charge < -0.3 is 10.0 Å². The Morgan fingerprint density at radius 3 is 2.56 bits per heavy atom. The van der Waals surface area contributed by atoms with Crippen molar-refractivity contribution in [1.29, 1.82) is 5.26 Å². The predicted molar refractivity (Wildman–Crippen MR) is 63.2 cm³/mol. The highest BCUT2D eigenvalue weighted by Gasteiger charge is 2.44. The van der Waals surface area contributed by atoms with E-state index in [2.05, 4.69) is 11.0 Å². The molecule has 0 atom stereocenters. The van der Waals surface area contributed by atoms with Crippen molar-refractivity contribution in [2.75, 3.05) is 18.0 Å². The van der Waals surface area contributed by atoms with Crippen molar-refractivity contribution in [2.24, 2.45) is 5.92 Å². The zero-order valence-corrected chi connectivity index (χ0v) is 9.64. The maximum absolute atomic E-state index is 10.2. The van der Waals surface area contributed by atoms with Gasteiger partial charge in [0.25, 0.3) is 0 Å². The molecule has 1 aliphatic heterocycles. The van der Waals surface area contributed by atoms with Gasteiger partial charge in [-0.25, -0.2) is 0 Å². The summed E-state index contributed by atoms with van der Waals surface area (Å²) in [5.41, 5.74) is 1.01. The molecule has 0 saturated carbocycles. The van der Waals surface area contributed by atoms with Crippen LogP contribution in [0.25, 0.3) is 0 Å². The fraction of sp³-hybridized carbons (Fsp3) is 0.462. The molecule has 1 aromatic rings. The molecule has 0 spiro atoms. The van der Waals surface area contributed by atoms with Gasteiger partial charge in [0.2, 0.25) is 0 Å². The van der Waals surface area contributed by atoms with Crippen LogP contribution in [0.4, 0.5) is 5.69 Å². The lowest BCUT2D eigenvalue weighted by atomic mass is 9.82. The van der Waals surface area contributed by atoms with Crippen molar-refractivity contribution >= 4 is 5.69 Å². The topological polar surface area (TPSA) is 47.3 Å². The van der Waals surface area contributed by atoms with Crippen LogP contribution in [-0.4, -0.2) is 23.8 Å². The molecule has 1 heterocycles. The molecule has 1 saturated heterocycles. The van der Waals surface area contributed by atoms with E-state index in [-0.39, 0.29) is 5.92 Å². The zero-order chi connectivity index (χ0) is 11.8. The van der Waals surface area contributed by atoms with E-state index in [1.165, 1.54) is 0 Å². The summed E-state index contributed by atoms with van der Waals surface area (Å²) in [6, 6.07) is 9.69. The highest BCUT2D eigenvalue weighted by atomic mass is 16.3. The Hall–Kier alpha value is -1.53. The van der Waals surface area contributed by atoms with E-state index in [9.17, 15) is 5.11 Å². The molecule has 3 nitrogen and oxygen atoms in total. The molecule has 1 aliphatic rings. The second kappa shape index (κ2) is 3.80. The number of nitriles is 1. The first-order chi connectivity index (χ1) is 7.57. The minimum atomic E-state index is -0.595. The number of nitrogens with zero attached hydrogens (tertiary/aromatic N) is 2. The zero-order valence-electron chi connectivity index (χ0n) is 9.64. The Kier molecular flexibility index (Phi) is 2.61. The van der Waals surface area contributed by atoms with Gasteiger partial charge in [-0.05, 0) is 18.1 Å². The van der Waals surface area contributed by atoms with Crippen molar-refractivity contribution in [3.63, 3.8) is 0 Å². The largest absolute Gasteiger partial charge is 0.386 e. The third-order valence-corrected chi connectivity index (χ3v) is 3.37. The van der Waals surface area contributed by atoms with Gasteiger partial charge in [0.1, 0.15) is 11.7 Å². The number of hydrogen-bond donors (Lipinski definition) is 1. The lowest BCUT2D eigenvalue weighted by Gasteiger charge is -2.50.